The highest BCUT2D eigenvalue weighted by molar-refractivity contribution is 5.89. The number of methoxy groups -OCH3 is 1. The van der Waals surface area contributed by atoms with Crippen molar-refractivity contribution in [3.63, 3.8) is 0 Å². The number of nitrogens with one attached hydrogen (secondary N) is 3. The predicted octanol–water partition coefficient (Wildman–Crippen LogP) is 3.45. The molecule has 1 heterocycles. The number of nitro groups is 1. The Morgan fingerprint density at radius 3 is 2.69 bits per heavy atom. The zero-order valence-corrected chi connectivity index (χ0v) is 14.1. The van der Waals surface area contributed by atoms with E-state index in [-0.39, 0.29) is 11.7 Å². The number of ether oxygens (including phenoxy) is 1. The van der Waals surface area contributed by atoms with Gasteiger partial charge in [-0.3, -0.25) is 10.1 Å². The average Bonchev–Trinajstić information content (AvgIpc) is 3.04. The first-order valence-electron chi connectivity index (χ1n) is 8.00. The molecule has 2 aromatic carbocycles. The van der Waals surface area contributed by atoms with E-state index in [1.54, 1.807) is 7.11 Å². The molecule has 3 N–H and O–H groups in total. The zero-order chi connectivity index (χ0) is 18.5. The van der Waals surface area contributed by atoms with E-state index >= 15 is 0 Å². The number of aromatic nitrogens is 1. The number of rotatable bonds is 6. The molecule has 0 saturated heterocycles. The van der Waals surface area contributed by atoms with Gasteiger partial charge in [-0.05, 0) is 36.2 Å². The highest BCUT2D eigenvalue weighted by atomic mass is 16.6. The maximum Gasteiger partial charge on any atom is 0.319 e. The van der Waals surface area contributed by atoms with E-state index in [1.807, 2.05) is 24.4 Å². The topological polar surface area (TPSA) is 109 Å². The molecule has 0 aliphatic heterocycles. The fourth-order valence-electron chi connectivity index (χ4n) is 2.65. The number of nitrogens with zero attached hydrogens (tertiary/aromatic N) is 1. The molecule has 8 heteroatoms. The van der Waals surface area contributed by atoms with Crippen molar-refractivity contribution in [2.24, 2.45) is 0 Å². The molecule has 0 atom stereocenters. The van der Waals surface area contributed by atoms with E-state index in [0.717, 1.165) is 22.2 Å². The highest BCUT2D eigenvalue weighted by Crippen LogP contribution is 2.23. The molecule has 8 nitrogen and oxygen atoms in total. The van der Waals surface area contributed by atoms with Gasteiger partial charge in [0.15, 0.2) is 0 Å². The monoisotopic (exact) mass is 354 g/mol. The molecule has 0 radical (unpaired) electrons. The van der Waals surface area contributed by atoms with Crippen LogP contribution in [0.2, 0.25) is 0 Å². The minimum atomic E-state index is -0.485. The van der Waals surface area contributed by atoms with Crippen molar-refractivity contribution in [3.8, 4) is 5.75 Å². The number of nitro benzene ring substituents is 1. The summed E-state index contributed by atoms with van der Waals surface area (Å²) in [5.41, 5.74) is 2.55. The number of hydrogen-bond acceptors (Lipinski definition) is 4. The van der Waals surface area contributed by atoms with E-state index in [9.17, 15) is 14.9 Å². The van der Waals surface area contributed by atoms with Gasteiger partial charge in [0.25, 0.3) is 5.69 Å². The Labute approximate surface area is 149 Å². The van der Waals surface area contributed by atoms with E-state index < -0.39 is 4.92 Å². The lowest BCUT2D eigenvalue weighted by atomic mass is 10.1. The number of amides is 2. The number of urea groups is 1. The van der Waals surface area contributed by atoms with Crippen molar-refractivity contribution in [3.05, 3.63) is 64.3 Å². The first-order valence-corrected chi connectivity index (χ1v) is 8.00. The maximum atomic E-state index is 11.9. The summed E-state index contributed by atoms with van der Waals surface area (Å²) in [6, 6.07) is 11.1. The molecular weight excluding hydrogens is 336 g/mol. The van der Waals surface area contributed by atoms with E-state index in [1.165, 1.54) is 24.3 Å². The first-order chi connectivity index (χ1) is 12.6. The van der Waals surface area contributed by atoms with Crippen molar-refractivity contribution < 1.29 is 14.5 Å². The summed E-state index contributed by atoms with van der Waals surface area (Å²) in [5, 5.41) is 17.1. The van der Waals surface area contributed by atoms with Crippen LogP contribution in [-0.4, -0.2) is 29.6 Å². The third-order valence-corrected chi connectivity index (χ3v) is 3.99. The van der Waals surface area contributed by atoms with Crippen molar-refractivity contribution in [2.45, 2.75) is 6.42 Å². The zero-order valence-electron chi connectivity index (χ0n) is 14.1. The number of H-pyrrole nitrogens is 1. The SMILES string of the molecule is COc1ccc2c(CCNC(=O)Nc3ccc([N+](=O)[O-])cc3)c[nH]c2c1. The molecule has 3 rings (SSSR count). The van der Waals surface area contributed by atoms with Gasteiger partial charge >= 0.3 is 6.03 Å². The van der Waals surface area contributed by atoms with Gasteiger partial charge in [0.05, 0.1) is 12.0 Å². The number of anilines is 1. The number of carbonyl (C=O) groups is 1. The third kappa shape index (κ3) is 3.92. The Morgan fingerprint density at radius 1 is 1.23 bits per heavy atom. The Bertz CT molecular complexity index is 934. The average molecular weight is 354 g/mol. The molecule has 2 amide bonds. The lowest BCUT2D eigenvalue weighted by Gasteiger charge is -2.07. The third-order valence-electron chi connectivity index (χ3n) is 3.99. The molecule has 0 aliphatic rings. The largest absolute Gasteiger partial charge is 0.497 e. The summed E-state index contributed by atoms with van der Waals surface area (Å²) in [6.45, 7) is 0.456. The van der Waals surface area contributed by atoms with Crippen molar-refractivity contribution in [1.82, 2.24) is 10.3 Å². The van der Waals surface area contributed by atoms with Gasteiger partial charge in [-0.2, -0.15) is 0 Å². The van der Waals surface area contributed by atoms with Gasteiger partial charge in [-0.15, -0.1) is 0 Å². The second-order valence-corrected chi connectivity index (χ2v) is 5.66. The summed E-state index contributed by atoms with van der Waals surface area (Å²) in [4.78, 5) is 25.2. The van der Waals surface area contributed by atoms with Crippen LogP contribution in [-0.2, 0) is 6.42 Å². The molecular formula is C18H18N4O4. The molecule has 134 valence electrons. The molecule has 3 aromatic rings. The van der Waals surface area contributed by atoms with Gasteiger partial charge < -0.3 is 20.4 Å². The van der Waals surface area contributed by atoms with Crippen molar-refractivity contribution in [1.29, 1.82) is 0 Å². The summed E-state index contributed by atoms with van der Waals surface area (Å²) in [5.74, 6) is 0.784. The van der Waals surface area contributed by atoms with Crippen LogP contribution in [0.1, 0.15) is 5.56 Å². The van der Waals surface area contributed by atoms with E-state index in [2.05, 4.69) is 15.6 Å². The fourth-order valence-corrected chi connectivity index (χ4v) is 2.65. The number of non-ortho nitro benzene ring substituents is 1. The number of aromatic amines is 1. The Morgan fingerprint density at radius 2 is 2.00 bits per heavy atom. The molecule has 0 spiro atoms. The lowest BCUT2D eigenvalue weighted by Crippen LogP contribution is -2.30. The van der Waals surface area contributed by atoms with Gasteiger partial charge in [-0.25, -0.2) is 4.79 Å². The summed E-state index contributed by atoms with van der Waals surface area (Å²) in [7, 11) is 1.62. The summed E-state index contributed by atoms with van der Waals surface area (Å²) in [6.07, 6.45) is 2.58. The van der Waals surface area contributed by atoms with Crippen LogP contribution in [0.15, 0.2) is 48.7 Å². The van der Waals surface area contributed by atoms with Gasteiger partial charge in [-0.1, -0.05) is 0 Å². The van der Waals surface area contributed by atoms with Gasteiger partial charge in [0, 0.05) is 47.5 Å². The van der Waals surface area contributed by atoms with Crippen LogP contribution in [0, 0.1) is 10.1 Å². The van der Waals surface area contributed by atoms with Crippen LogP contribution in [0.4, 0.5) is 16.2 Å². The van der Waals surface area contributed by atoms with Crippen molar-refractivity contribution in [2.75, 3.05) is 19.0 Å². The molecule has 0 aliphatic carbocycles. The number of fused-ring (bicyclic) bond motifs is 1. The Kier molecular flexibility index (Phi) is 5.02. The number of carbonyl (C=O) groups excluding carboxylic acids is 1. The Balaban J connectivity index is 1.53. The molecule has 26 heavy (non-hydrogen) atoms. The van der Waals surface area contributed by atoms with Crippen molar-refractivity contribution >= 4 is 28.3 Å². The van der Waals surface area contributed by atoms with E-state index in [4.69, 9.17) is 4.74 Å². The minimum Gasteiger partial charge on any atom is -0.497 e. The maximum absolute atomic E-state index is 11.9. The highest BCUT2D eigenvalue weighted by Gasteiger charge is 2.08. The second kappa shape index (κ2) is 7.56. The smallest absolute Gasteiger partial charge is 0.319 e. The lowest BCUT2D eigenvalue weighted by molar-refractivity contribution is -0.384. The van der Waals surface area contributed by atoms with Crippen LogP contribution >= 0.6 is 0 Å². The Hall–Kier alpha value is -3.55. The molecule has 0 bridgehead atoms. The first kappa shape index (κ1) is 17.3. The van der Waals surface area contributed by atoms with Crippen LogP contribution < -0.4 is 15.4 Å². The minimum absolute atomic E-state index is 0.0214. The van der Waals surface area contributed by atoms with Gasteiger partial charge in [0.1, 0.15) is 5.75 Å². The standard InChI is InChI=1S/C18H18N4O4/c1-26-15-6-7-16-12(11-20-17(16)10-15)8-9-19-18(23)21-13-2-4-14(5-3-13)22(24)25/h2-7,10-11,20H,8-9H2,1H3,(H2,19,21,23). The van der Waals surface area contributed by atoms with Crippen LogP contribution in [0.3, 0.4) is 0 Å². The molecule has 0 fully saturated rings. The van der Waals surface area contributed by atoms with Gasteiger partial charge in [0.2, 0.25) is 0 Å². The van der Waals surface area contributed by atoms with Crippen LogP contribution in [0.25, 0.3) is 10.9 Å². The molecule has 1 aromatic heterocycles. The predicted molar refractivity (Wildman–Crippen MR) is 98.7 cm³/mol. The second-order valence-electron chi connectivity index (χ2n) is 5.66. The van der Waals surface area contributed by atoms with E-state index in [0.29, 0.717) is 18.7 Å². The van der Waals surface area contributed by atoms with Crippen LogP contribution in [0.5, 0.6) is 5.75 Å². The quantitative estimate of drug-likeness (QED) is 0.465. The number of hydrogen-bond donors (Lipinski definition) is 3. The molecule has 0 saturated carbocycles. The number of benzene rings is 2. The summed E-state index contributed by atoms with van der Waals surface area (Å²) < 4.78 is 5.20. The fraction of sp³-hybridized carbons (Fsp3) is 0.167. The normalized spacial score (nSPS) is 10.5. The molecule has 0 unspecified atom stereocenters. The summed E-state index contributed by atoms with van der Waals surface area (Å²) >= 11 is 0.